The van der Waals surface area contributed by atoms with Gasteiger partial charge < -0.3 is 20.7 Å². The molecule has 2 aromatic carbocycles. The predicted octanol–water partition coefficient (Wildman–Crippen LogP) is 3.99. The van der Waals surface area contributed by atoms with Crippen molar-refractivity contribution in [2.45, 2.75) is 32.7 Å². The van der Waals surface area contributed by atoms with Crippen LogP contribution in [-0.2, 0) is 4.79 Å². The van der Waals surface area contributed by atoms with Crippen LogP contribution >= 0.6 is 0 Å². The number of carbonyl (C=O) groups excluding carboxylic acids is 2. The Hall–Kier alpha value is -3.02. The molecule has 26 heavy (non-hydrogen) atoms. The van der Waals surface area contributed by atoms with E-state index < -0.39 is 0 Å². The summed E-state index contributed by atoms with van der Waals surface area (Å²) in [6, 6.07) is 12.8. The summed E-state index contributed by atoms with van der Waals surface area (Å²) in [6.45, 7) is 4.27. The van der Waals surface area contributed by atoms with Crippen LogP contribution in [0.4, 0.5) is 16.2 Å². The van der Waals surface area contributed by atoms with E-state index in [4.69, 9.17) is 4.74 Å². The first-order valence-corrected chi connectivity index (χ1v) is 8.76. The third kappa shape index (κ3) is 4.14. The van der Waals surface area contributed by atoms with E-state index in [0.29, 0.717) is 18.7 Å². The Kier molecular flexibility index (Phi) is 5.41. The highest BCUT2D eigenvalue weighted by Gasteiger charge is 2.22. The molecule has 0 saturated carbocycles. The zero-order valence-corrected chi connectivity index (χ0v) is 15.0. The summed E-state index contributed by atoms with van der Waals surface area (Å²) in [4.78, 5) is 23.9. The van der Waals surface area contributed by atoms with E-state index in [1.807, 2.05) is 37.3 Å². The van der Waals surface area contributed by atoms with Crippen LogP contribution in [0.3, 0.4) is 0 Å². The van der Waals surface area contributed by atoms with Crippen molar-refractivity contribution in [2.24, 2.45) is 0 Å². The van der Waals surface area contributed by atoms with Crippen LogP contribution in [0, 0.1) is 6.92 Å². The number of aryl methyl sites for hydroxylation is 1. The molecule has 1 aliphatic heterocycles. The Morgan fingerprint density at radius 1 is 1.15 bits per heavy atom. The molecule has 0 bridgehead atoms. The molecule has 136 valence electrons. The standard InChI is InChI=1S/C20H23N3O3/c1-3-19(24)22-16-9-8-14(12-13(16)2)21-20(25)23-17-10-11-26-18-7-5-4-6-15(17)18/h4-9,12,17H,3,10-11H2,1-2H3,(H,22,24)(H2,21,23,25)/t17-/m1/s1. The lowest BCUT2D eigenvalue weighted by molar-refractivity contribution is -0.115. The average Bonchev–Trinajstić information content (AvgIpc) is 2.64. The van der Waals surface area contributed by atoms with Crippen molar-refractivity contribution in [3.8, 4) is 5.75 Å². The highest BCUT2D eigenvalue weighted by atomic mass is 16.5. The Morgan fingerprint density at radius 3 is 2.73 bits per heavy atom. The van der Waals surface area contributed by atoms with Gasteiger partial charge in [0, 0.05) is 29.8 Å². The maximum atomic E-state index is 12.4. The summed E-state index contributed by atoms with van der Waals surface area (Å²) in [7, 11) is 0. The molecule has 1 atom stereocenters. The van der Waals surface area contributed by atoms with Crippen LogP contribution in [0.25, 0.3) is 0 Å². The largest absolute Gasteiger partial charge is 0.493 e. The normalized spacial score (nSPS) is 15.4. The minimum Gasteiger partial charge on any atom is -0.493 e. The fourth-order valence-corrected chi connectivity index (χ4v) is 2.94. The number of urea groups is 1. The Bertz CT molecular complexity index is 820. The summed E-state index contributed by atoms with van der Waals surface area (Å²) in [5.74, 6) is 0.778. The molecule has 6 heteroatoms. The second-order valence-electron chi connectivity index (χ2n) is 6.26. The van der Waals surface area contributed by atoms with Crippen LogP contribution in [0.1, 0.15) is 36.9 Å². The van der Waals surface area contributed by atoms with Gasteiger partial charge in [-0.15, -0.1) is 0 Å². The van der Waals surface area contributed by atoms with Crippen LogP contribution in [0.2, 0.25) is 0 Å². The number of anilines is 2. The van der Waals surface area contributed by atoms with E-state index in [1.165, 1.54) is 0 Å². The minimum absolute atomic E-state index is 0.0373. The first kappa shape index (κ1) is 17.8. The third-order valence-electron chi connectivity index (χ3n) is 4.34. The summed E-state index contributed by atoms with van der Waals surface area (Å²) >= 11 is 0. The number of nitrogens with one attached hydrogen (secondary N) is 3. The number of hydrogen-bond donors (Lipinski definition) is 3. The Morgan fingerprint density at radius 2 is 1.96 bits per heavy atom. The van der Waals surface area contributed by atoms with E-state index in [9.17, 15) is 9.59 Å². The van der Waals surface area contributed by atoms with Gasteiger partial charge in [-0.2, -0.15) is 0 Å². The van der Waals surface area contributed by atoms with Crippen molar-refractivity contribution in [1.82, 2.24) is 5.32 Å². The summed E-state index contributed by atoms with van der Waals surface area (Å²) in [5.41, 5.74) is 3.31. The molecular formula is C20H23N3O3. The van der Waals surface area contributed by atoms with Gasteiger partial charge >= 0.3 is 6.03 Å². The van der Waals surface area contributed by atoms with Crippen molar-refractivity contribution in [1.29, 1.82) is 0 Å². The van der Waals surface area contributed by atoms with Crippen molar-refractivity contribution in [3.63, 3.8) is 0 Å². The molecule has 0 spiro atoms. The van der Waals surface area contributed by atoms with Gasteiger partial charge in [0.1, 0.15) is 5.75 Å². The Balaban J connectivity index is 1.64. The molecule has 0 unspecified atom stereocenters. The number of rotatable bonds is 4. The van der Waals surface area contributed by atoms with Crippen LogP contribution < -0.4 is 20.7 Å². The van der Waals surface area contributed by atoms with E-state index in [1.54, 1.807) is 19.1 Å². The van der Waals surface area contributed by atoms with E-state index >= 15 is 0 Å². The van der Waals surface area contributed by atoms with E-state index in [0.717, 1.165) is 29.0 Å². The number of fused-ring (bicyclic) bond motifs is 1. The zero-order chi connectivity index (χ0) is 18.5. The summed E-state index contributed by atoms with van der Waals surface area (Å²) in [5, 5.41) is 8.69. The predicted molar refractivity (Wildman–Crippen MR) is 102 cm³/mol. The lowest BCUT2D eigenvalue weighted by Gasteiger charge is -2.26. The number of carbonyl (C=O) groups is 2. The number of ether oxygens (including phenoxy) is 1. The van der Waals surface area contributed by atoms with Crippen LogP contribution in [0.5, 0.6) is 5.75 Å². The van der Waals surface area contributed by atoms with Crippen LogP contribution in [0.15, 0.2) is 42.5 Å². The molecule has 0 aliphatic carbocycles. The fourth-order valence-electron chi connectivity index (χ4n) is 2.94. The van der Waals surface area contributed by atoms with Gasteiger partial charge in [-0.3, -0.25) is 4.79 Å². The summed E-state index contributed by atoms with van der Waals surface area (Å²) in [6.07, 6.45) is 1.15. The first-order valence-electron chi connectivity index (χ1n) is 8.76. The molecule has 0 radical (unpaired) electrons. The van der Waals surface area contributed by atoms with E-state index in [2.05, 4.69) is 16.0 Å². The Labute approximate surface area is 152 Å². The highest BCUT2D eigenvalue weighted by Crippen LogP contribution is 2.31. The molecule has 2 aromatic rings. The lowest BCUT2D eigenvalue weighted by atomic mass is 10.0. The molecule has 3 rings (SSSR count). The molecular weight excluding hydrogens is 330 g/mol. The molecule has 6 nitrogen and oxygen atoms in total. The van der Waals surface area contributed by atoms with Gasteiger partial charge in [0.15, 0.2) is 0 Å². The van der Waals surface area contributed by atoms with Gasteiger partial charge in [0.05, 0.1) is 12.6 Å². The van der Waals surface area contributed by atoms with Gasteiger partial charge in [-0.05, 0) is 36.8 Å². The topological polar surface area (TPSA) is 79.5 Å². The van der Waals surface area contributed by atoms with Gasteiger partial charge in [0.2, 0.25) is 5.91 Å². The number of benzene rings is 2. The van der Waals surface area contributed by atoms with Crippen molar-refractivity contribution in [3.05, 3.63) is 53.6 Å². The zero-order valence-electron chi connectivity index (χ0n) is 15.0. The van der Waals surface area contributed by atoms with Crippen molar-refractivity contribution in [2.75, 3.05) is 17.2 Å². The maximum Gasteiger partial charge on any atom is 0.319 e. The second-order valence-corrected chi connectivity index (χ2v) is 6.26. The molecule has 3 amide bonds. The lowest BCUT2D eigenvalue weighted by Crippen LogP contribution is -2.35. The van der Waals surface area contributed by atoms with Gasteiger partial charge in [-0.1, -0.05) is 25.1 Å². The monoisotopic (exact) mass is 353 g/mol. The first-order chi connectivity index (χ1) is 12.6. The molecule has 0 saturated heterocycles. The number of amides is 3. The summed E-state index contributed by atoms with van der Waals surface area (Å²) < 4.78 is 5.62. The van der Waals surface area contributed by atoms with Crippen molar-refractivity contribution >= 4 is 23.3 Å². The molecule has 0 fully saturated rings. The third-order valence-corrected chi connectivity index (χ3v) is 4.34. The maximum absolute atomic E-state index is 12.4. The van der Waals surface area contributed by atoms with E-state index in [-0.39, 0.29) is 18.0 Å². The highest BCUT2D eigenvalue weighted by molar-refractivity contribution is 5.93. The smallest absolute Gasteiger partial charge is 0.319 e. The van der Waals surface area contributed by atoms with Crippen molar-refractivity contribution < 1.29 is 14.3 Å². The average molecular weight is 353 g/mol. The number of hydrogen-bond acceptors (Lipinski definition) is 3. The number of para-hydroxylation sites is 1. The fraction of sp³-hybridized carbons (Fsp3) is 0.300. The SMILES string of the molecule is CCC(=O)Nc1ccc(NC(=O)N[C@@H]2CCOc3ccccc32)cc1C. The second kappa shape index (κ2) is 7.91. The molecule has 3 N–H and O–H groups in total. The molecule has 0 aromatic heterocycles. The quantitative estimate of drug-likeness (QED) is 0.777. The minimum atomic E-state index is -0.267. The van der Waals surface area contributed by atoms with Crippen LogP contribution in [-0.4, -0.2) is 18.5 Å². The molecule has 1 heterocycles. The van der Waals surface area contributed by atoms with Gasteiger partial charge in [0.25, 0.3) is 0 Å². The molecule has 1 aliphatic rings. The van der Waals surface area contributed by atoms with Gasteiger partial charge in [-0.25, -0.2) is 4.79 Å².